The zero-order chi connectivity index (χ0) is 24.0. The zero-order valence-corrected chi connectivity index (χ0v) is 19.8. The Kier molecular flexibility index (Phi) is 8.06. The summed E-state index contributed by atoms with van der Waals surface area (Å²) >= 11 is 0. The number of rotatable bonds is 10. The lowest BCUT2D eigenvalue weighted by Gasteiger charge is -2.36. The highest BCUT2D eigenvalue weighted by atomic mass is 16.5. The Balaban J connectivity index is 1.91. The van der Waals surface area contributed by atoms with Gasteiger partial charge in [0.05, 0.1) is 12.1 Å². The van der Waals surface area contributed by atoms with Crippen LogP contribution < -0.4 is 27.2 Å². The molecule has 1 fully saturated rings. The summed E-state index contributed by atoms with van der Waals surface area (Å²) in [7, 11) is 0. The van der Waals surface area contributed by atoms with Crippen LogP contribution in [0.15, 0.2) is 14.1 Å². The van der Waals surface area contributed by atoms with E-state index in [0.717, 1.165) is 38.5 Å². The van der Waals surface area contributed by atoms with Crippen LogP contribution in [0.2, 0.25) is 0 Å². The molecule has 2 aromatic rings. The van der Waals surface area contributed by atoms with Crippen LogP contribution in [0.5, 0.6) is 0 Å². The van der Waals surface area contributed by atoms with E-state index in [2.05, 4.69) is 20.4 Å². The number of aryl methyl sites for hydroxylation is 1. The third kappa shape index (κ3) is 5.35. The van der Waals surface area contributed by atoms with Gasteiger partial charge >= 0.3 is 5.69 Å². The quantitative estimate of drug-likeness (QED) is 0.484. The first-order valence-electron chi connectivity index (χ1n) is 11.8. The molecule has 0 spiro atoms. The molecule has 182 valence electrons. The molecule has 2 heterocycles. The van der Waals surface area contributed by atoms with Crippen molar-refractivity contribution in [1.82, 2.24) is 25.0 Å². The molecule has 0 unspecified atom stereocenters. The second-order valence-corrected chi connectivity index (χ2v) is 8.68. The van der Waals surface area contributed by atoms with E-state index in [1.54, 1.807) is 6.92 Å². The molecule has 1 saturated carbocycles. The fourth-order valence-electron chi connectivity index (χ4n) is 4.43. The number of nitrogens with two attached hydrogens (primary N) is 1. The minimum Gasteiger partial charge on any atom is -0.383 e. The van der Waals surface area contributed by atoms with Gasteiger partial charge in [0.15, 0.2) is 11.5 Å². The second-order valence-electron chi connectivity index (χ2n) is 8.68. The van der Waals surface area contributed by atoms with E-state index >= 15 is 0 Å². The van der Waals surface area contributed by atoms with Crippen molar-refractivity contribution in [2.45, 2.75) is 84.2 Å². The lowest BCUT2D eigenvalue weighted by atomic mass is 9.81. The fourth-order valence-corrected chi connectivity index (χ4v) is 4.43. The first-order valence-corrected chi connectivity index (χ1v) is 11.8. The first-order chi connectivity index (χ1) is 15.8. The monoisotopic (exact) mass is 461 g/mol. The molecule has 0 aromatic carbocycles. The van der Waals surface area contributed by atoms with E-state index in [9.17, 15) is 14.4 Å². The van der Waals surface area contributed by atoms with Gasteiger partial charge < -0.3 is 15.2 Å². The molecule has 2 aromatic heterocycles. The number of nitrogens with zero attached hydrogens (tertiary/aromatic N) is 4. The molecule has 0 aliphatic heterocycles. The molecule has 0 saturated heterocycles. The smallest absolute Gasteiger partial charge is 0.330 e. The van der Waals surface area contributed by atoms with Crippen LogP contribution in [0.1, 0.15) is 76.9 Å². The van der Waals surface area contributed by atoms with Crippen LogP contribution in [0.4, 0.5) is 11.5 Å². The summed E-state index contributed by atoms with van der Waals surface area (Å²) in [5.74, 6) is 0.746. The van der Waals surface area contributed by atoms with Crippen molar-refractivity contribution in [3.05, 3.63) is 32.6 Å². The van der Waals surface area contributed by atoms with Crippen molar-refractivity contribution in [2.24, 2.45) is 0 Å². The minimum absolute atomic E-state index is 0.0104. The van der Waals surface area contributed by atoms with E-state index in [1.165, 1.54) is 9.47 Å². The zero-order valence-electron chi connectivity index (χ0n) is 19.8. The number of amides is 1. The number of nitrogen functional groups attached to an aromatic ring is 1. The van der Waals surface area contributed by atoms with Gasteiger partial charge in [-0.15, -0.1) is 0 Å². The Hall–Kier alpha value is -2.95. The average Bonchev–Trinajstić information content (AvgIpc) is 3.24. The van der Waals surface area contributed by atoms with Crippen molar-refractivity contribution < 1.29 is 9.32 Å². The molecule has 1 amide bonds. The standard InChI is InChI=1S/C22H35N7O4/c1-4-6-13-28(17-18(23)29(12-5-2)21(32)26-19(17)31)16(30)14-24-22(10-8-7-9-11-22)20-25-15(3)33-27-20/h24H,4-14,23H2,1-3H3,(H,26,31,32). The summed E-state index contributed by atoms with van der Waals surface area (Å²) in [4.78, 5) is 46.5. The highest BCUT2D eigenvalue weighted by Crippen LogP contribution is 2.35. The average molecular weight is 462 g/mol. The summed E-state index contributed by atoms with van der Waals surface area (Å²) in [5, 5.41) is 7.51. The molecular formula is C22H35N7O4. The summed E-state index contributed by atoms with van der Waals surface area (Å²) in [5.41, 5.74) is 4.48. The van der Waals surface area contributed by atoms with E-state index in [4.69, 9.17) is 10.3 Å². The molecule has 11 nitrogen and oxygen atoms in total. The van der Waals surface area contributed by atoms with E-state index in [1.807, 2.05) is 13.8 Å². The molecule has 1 aliphatic carbocycles. The SMILES string of the molecule is CCCCN(C(=O)CNC1(c2noc(C)n2)CCCCC1)c1c(N)n(CCC)c(=O)[nH]c1=O. The van der Waals surface area contributed by atoms with Gasteiger partial charge in [-0.2, -0.15) is 4.98 Å². The molecule has 1 aliphatic rings. The topological polar surface area (TPSA) is 152 Å². The molecule has 3 rings (SSSR count). The normalized spacial score (nSPS) is 15.5. The molecule has 0 atom stereocenters. The number of carbonyl (C=O) groups is 1. The van der Waals surface area contributed by atoms with Crippen LogP contribution in [0.25, 0.3) is 0 Å². The second kappa shape index (κ2) is 10.8. The van der Waals surface area contributed by atoms with Crippen molar-refractivity contribution in [3.8, 4) is 0 Å². The van der Waals surface area contributed by atoms with Crippen LogP contribution in [-0.4, -0.2) is 38.7 Å². The Morgan fingerprint density at radius 1 is 1.24 bits per heavy atom. The van der Waals surface area contributed by atoms with Gasteiger partial charge in [-0.25, -0.2) is 4.79 Å². The molecule has 11 heteroatoms. The first kappa shape index (κ1) is 24.7. The lowest BCUT2D eigenvalue weighted by Crippen LogP contribution is -2.51. The summed E-state index contributed by atoms with van der Waals surface area (Å²) in [6.45, 7) is 6.30. The number of anilines is 2. The maximum atomic E-state index is 13.4. The number of carbonyl (C=O) groups excluding carboxylic acids is 1. The maximum absolute atomic E-state index is 13.4. The van der Waals surface area contributed by atoms with Crippen LogP contribution in [0.3, 0.4) is 0 Å². The van der Waals surface area contributed by atoms with Gasteiger partial charge in [0.1, 0.15) is 5.82 Å². The predicted octanol–water partition coefficient (Wildman–Crippen LogP) is 1.80. The number of H-pyrrole nitrogens is 1. The largest absolute Gasteiger partial charge is 0.383 e. The molecule has 33 heavy (non-hydrogen) atoms. The van der Waals surface area contributed by atoms with E-state index in [-0.39, 0.29) is 24.0 Å². The number of nitrogens with one attached hydrogen (secondary N) is 2. The summed E-state index contributed by atoms with van der Waals surface area (Å²) in [6, 6.07) is 0. The van der Waals surface area contributed by atoms with Crippen molar-refractivity contribution in [1.29, 1.82) is 0 Å². The number of unbranched alkanes of at least 4 members (excludes halogenated alkanes) is 1. The maximum Gasteiger partial charge on any atom is 0.330 e. The Morgan fingerprint density at radius 2 is 1.97 bits per heavy atom. The van der Waals surface area contributed by atoms with E-state index < -0.39 is 16.8 Å². The Labute approximate surface area is 192 Å². The fraction of sp³-hybridized carbons (Fsp3) is 0.682. The third-order valence-electron chi connectivity index (χ3n) is 6.21. The number of hydrogen-bond acceptors (Lipinski definition) is 8. The van der Waals surface area contributed by atoms with Crippen molar-refractivity contribution >= 4 is 17.4 Å². The minimum atomic E-state index is -0.657. The number of aromatic amines is 1. The Morgan fingerprint density at radius 3 is 2.58 bits per heavy atom. The predicted molar refractivity (Wildman–Crippen MR) is 125 cm³/mol. The van der Waals surface area contributed by atoms with E-state index in [0.29, 0.717) is 37.6 Å². The lowest BCUT2D eigenvalue weighted by molar-refractivity contribution is -0.118. The van der Waals surface area contributed by atoms with Crippen LogP contribution in [-0.2, 0) is 16.9 Å². The summed E-state index contributed by atoms with van der Waals surface area (Å²) in [6.07, 6.45) is 6.85. The highest BCUT2D eigenvalue weighted by Gasteiger charge is 2.39. The van der Waals surface area contributed by atoms with Gasteiger partial charge in [-0.3, -0.25) is 24.5 Å². The van der Waals surface area contributed by atoms with Gasteiger partial charge in [0.25, 0.3) is 5.56 Å². The van der Waals surface area contributed by atoms with Crippen LogP contribution >= 0.6 is 0 Å². The molecule has 0 bridgehead atoms. The van der Waals surface area contributed by atoms with Crippen molar-refractivity contribution in [2.75, 3.05) is 23.7 Å². The third-order valence-corrected chi connectivity index (χ3v) is 6.21. The highest BCUT2D eigenvalue weighted by molar-refractivity contribution is 5.96. The summed E-state index contributed by atoms with van der Waals surface area (Å²) < 4.78 is 6.51. The number of aromatic nitrogens is 4. The molecular weight excluding hydrogens is 426 g/mol. The van der Waals surface area contributed by atoms with Crippen molar-refractivity contribution in [3.63, 3.8) is 0 Å². The van der Waals surface area contributed by atoms with Gasteiger partial charge in [0, 0.05) is 20.0 Å². The van der Waals surface area contributed by atoms with Gasteiger partial charge in [0.2, 0.25) is 11.8 Å². The van der Waals surface area contributed by atoms with Gasteiger partial charge in [-0.05, 0) is 25.7 Å². The van der Waals surface area contributed by atoms with Gasteiger partial charge in [-0.1, -0.05) is 44.7 Å². The molecule has 4 N–H and O–H groups in total. The Bertz CT molecular complexity index is 1070. The molecule has 0 radical (unpaired) electrons. The number of hydrogen-bond donors (Lipinski definition) is 3. The van der Waals surface area contributed by atoms with Crippen LogP contribution in [0, 0.1) is 6.92 Å².